The van der Waals surface area contributed by atoms with Crippen molar-refractivity contribution in [3.05, 3.63) is 34.4 Å². The van der Waals surface area contributed by atoms with Gasteiger partial charge in [0.2, 0.25) is 0 Å². The Morgan fingerprint density at radius 2 is 2.29 bits per heavy atom. The molecule has 4 heteroatoms. The Hall–Kier alpha value is -1.58. The number of benzene rings is 1. The molecule has 1 aliphatic carbocycles. The largest absolute Gasteiger partial charge is 0.382 e. The van der Waals surface area contributed by atoms with Crippen molar-refractivity contribution in [3.63, 3.8) is 0 Å². The van der Waals surface area contributed by atoms with Crippen molar-refractivity contribution >= 4 is 11.4 Å². The summed E-state index contributed by atoms with van der Waals surface area (Å²) in [5.74, 6) is 0.689. The molecule has 0 bridgehead atoms. The van der Waals surface area contributed by atoms with E-state index in [-0.39, 0.29) is 10.6 Å². The van der Waals surface area contributed by atoms with Gasteiger partial charge in [-0.2, -0.15) is 0 Å². The van der Waals surface area contributed by atoms with Gasteiger partial charge in [0.25, 0.3) is 5.69 Å². The van der Waals surface area contributed by atoms with Gasteiger partial charge in [0.05, 0.1) is 4.92 Å². The zero-order valence-corrected chi connectivity index (χ0v) is 7.93. The van der Waals surface area contributed by atoms with E-state index in [1.807, 2.05) is 6.07 Å². The first-order chi connectivity index (χ1) is 6.66. The summed E-state index contributed by atoms with van der Waals surface area (Å²) < 4.78 is 0. The van der Waals surface area contributed by atoms with Crippen LogP contribution in [0.25, 0.3) is 0 Å². The van der Waals surface area contributed by atoms with Gasteiger partial charge in [-0.25, -0.2) is 0 Å². The number of non-ortho nitro benzene ring substituents is 1. The van der Waals surface area contributed by atoms with Gasteiger partial charge in [-0.05, 0) is 18.4 Å². The van der Waals surface area contributed by atoms with Crippen molar-refractivity contribution in [3.8, 4) is 0 Å². The molecule has 1 aromatic carbocycles. The molecule has 14 heavy (non-hydrogen) atoms. The fraction of sp³-hybridized carbons (Fsp3) is 0.400. The third-order valence-corrected chi connectivity index (χ3v) is 2.52. The number of nitro groups is 1. The lowest BCUT2D eigenvalue weighted by Crippen LogP contribution is -2.03. The second-order valence-corrected chi connectivity index (χ2v) is 3.77. The smallest absolute Gasteiger partial charge is 0.271 e. The van der Waals surface area contributed by atoms with Crippen LogP contribution in [0.1, 0.15) is 13.3 Å². The third kappa shape index (κ3) is 1.84. The summed E-state index contributed by atoms with van der Waals surface area (Å²) in [6, 6.07) is 7.13. The summed E-state index contributed by atoms with van der Waals surface area (Å²) in [5.41, 5.74) is 0.983. The van der Waals surface area contributed by atoms with Crippen molar-refractivity contribution in [1.29, 1.82) is 0 Å². The first-order valence-corrected chi connectivity index (χ1v) is 4.68. The Morgan fingerprint density at radius 1 is 1.57 bits per heavy atom. The SMILES string of the molecule is CC1CC1Nc1cccc([N+](=O)[O-])c1. The molecular weight excluding hydrogens is 180 g/mol. The maximum absolute atomic E-state index is 10.5. The highest BCUT2D eigenvalue weighted by Crippen LogP contribution is 2.33. The Balaban J connectivity index is 2.10. The van der Waals surface area contributed by atoms with Crippen molar-refractivity contribution in [2.45, 2.75) is 19.4 Å². The minimum Gasteiger partial charge on any atom is -0.382 e. The zero-order valence-electron chi connectivity index (χ0n) is 7.93. The lowest BCUT2D eigenvalue weighted by molar-refractivity contribution is -0.384. The molecule has 1 fully saturated rings. The van der Waals surface area contributed by atoms with Gasteiger partial charge in [-0.1, -0.05) is 13.0 Å². The molecule has 2 atom stereocenters. The normalized spacial score (nSPS) is 24.4. The number of anilines is 1. The third-order valence-electron chi connectivity index (χ3n) is 2.52. The molecule has 0 spiro atoms. The number of hydrogen-bond acceptors (Lipinski definition) is 3. The molecule has 2 rings (SSSR count). The quantitative estimate of drug-likeness (QED) is 0.591. The van der Waals surface area contributed by atoms with E-state index in [0.717, 1.165) is 12.1 Å². The van der Waals surface area contributed by atoms with Crippen LogP contribution in [0.2, 0.25) is 0 Å². The highest BCUT2D eigenvalue weighted by molar-refractivity contribution is 5.52. The lowest BCUT2D eigenvalue weighted by atomic mass is 10.3. The van der Waals surface area contributed by atoms with Gasteiger partial charge in [0.15, 0.2) is 0 Å². The van der Waals surface area contributed by atoms with Crippen LogP contribution in [-0.4, -0.2) is 11.0 Å². The van der Waals surface area contributed by atoms with Gasteiger partial charge in [-0.3, -0.25) is 10.1 Å². The Morgan fingerprint density at radius 3 is 2.86 bits per heavy atom. The van der Waals surface area contributed by atoms with Crippen LogP contribution in [0.4, 0.5) is 11.4 Å². The van der Waals surface area contributed by atoms with Gasteiger partial charge in [0, 0.05) is 23.9 Å². The molecule has 0 heterocycles. The summed E-state index contributed by atoms with van der Waals surface area (Å²) in [4.78, 5) is 10.1. The molecule has 1 N–H and O–H groups in total. The van der Waals surface area contributed by atoms with Crippen molar-refractivity contribution < 1.29 is 4.92 Å². The molecule has 4 nitrogen and oxygen atoms in total. The molecule has 1 aromatic rings. The average molecular weight is 192 g/mol. The van der Waals surface area contributed by atoms with E-state index in [1.165, 1.54) is 6.07 Å². The standard InChI is InChI=1S/C10H12N2O2/c1-7-5-10(7)11-8-3-2-4-9(6-8)12(13)14/h2-4,6-7,10-11H,5H2,1H3. The minimum absolute atomic E-state index is 0.142. The molecule has 0 radical (unpaired) electrons. The topological polar surface area (TPSA) is 55.2 Å². The summed E-state index contributed by atoms with van der Waals surface area (Å²) in [6.45, 7) is 2.16. The summed E-state index contributed by atoms with van der Waals surface area (Å²) >= 11 is 0. The van der Waals surface area contributed by atoms with Crippen LogP contribution in [0, 0.1) is 16.0 Å². The molecule has 1 saturated carbocycles. The Bertz CT molecular complexity index is 365. The molecule has 0 saturated heterocycles. The first-order valence-electron chi connectivity index (χ1n) is 4.68. The monoisotopic (exact) mass is 192 g/mol. The number of nitrogens with one attached hydrogen (secondary N) is 1. The predicted octanol–water partition coefficient (Wildman–Crippen LogP) is 2.42. The van der Waals surface area contributed by atoms with Crippen LogP contribution in [0.3, 0.4) is 0 Å². The Kier molecular flexibility index (Phi) is 2.11. The first kappa shape index (κ1) is 8.99. The highest BCUT2D eigenvalue weighted by Gasteiger charge is 2.32. The van der Waals surface area contributed by atoms with Gasteiger partial charge in [-0.15, -0.1) is 0 Å². The summed E-state index contributed by atoms with van der Waals surface area (Å²) in [6.07, 6.45) is 1.16. The van der Waals surface area contributed by atoms with Crippen LogP contribution in [-0.2, 0) is 0 Å². The summed E-state index contributed by atoms with van der Waals surface area (Å²) in [7, 11) is 0. The average Bonchev–Trinajstić information content (AvgIpc) is 2.82. The van der Waals surface area contributed by atoms with Gasteiger partial charge >= 0.3 is 0 Å². The molecule has 0 amide bonds. The molecule has 1 aliphatic rings. The van der Waals surface area contributed by atoms with Crippen molar-refractivity contribution in [1.82, 2.24) is 0 Å². The number of hydrogen-bond donors (Lipinski definition) is 1. The predicted molar refractivity (Wildman–Crippen MR) is 54.3 cm³/mol. The van der Waals surface area contributed by atoms with E-state index >= 15 is 0 Å². The van der Waals surface area contributed by atoms with E-state index in [4.69, 9.17) is 0 Å². The van der Waals surface area contributed by atoms with Crippen molar-refractivity contribution in [2.24, 2.45) is 5.92 Å². The summed E-state index contributed by atoms with van der Waals surface area (Å²) in [5, 5.41) is 13.8. The lowest BCUT2D eigenvalue weighted by Gasteiger charge is -2.03. The fourth-order valence-corrected chi connectivity index (χ4v) is 1.45. The maximum atomic E-state index is 10.5. The Labute approximate surface area is 82.1 Å². The fourth-order valence-electron chi connectivity index (χ4n) is 1.45. The zero-order chi connectivity index (χ0) is 10.1. The molecule has 0 aromatic heterocycles. The van der Waals surface area contributed by atoms with Crippen LogP contribution < -0.4 is 5.32 Å². The van der Waals surface area contributed by atoms with Gasteiger partial charge in [0.1, 0.15) is 0 Å². The number of nitrogens with zero attached hydrogens (tertiary/aromatic N) is 1. The maximum Gasteiger partial charge on any atom is 0.271 e. The van der Waals surface area contributed by atoms with Crippen molar-refractivity contribution in [2.75, 3.05) is 5.32 Å². The molecule has 0 aliphatic heterocycles. The van der Waals surface area contributed by atoms with E-state index < -0.39 is 0 Å². The minimum atomic E-state index is -0.374. The van der Waals surface area contributed by atoms with Crippen LogP contribution >= 0.6 is 0 Å². The van der Waals surface area contributed by atoms with E-state index in [0.29, 0.717) is 12.0 Å². The molecular formula is C10H12N2O2. The second kappa shape index (κ2) is 3.29. The second-order valence-electron chi connectivity index (χ2n) is 3.77. The number of rotatable bonds is 3. The van der Waals surface area contributed by atoms with E-state index in [1.54, 1.807) is 12.1 Å². The molecule has 2 unspecified atom stereocenters. The van der Waals surface area contributed by atoms with Crippen LogP contribution in [0.15, 0.2) is 24.3 Å². The van der Waals surface area contributed by atoms with E-state index in [2.05, 4.69) is 12.2 Å². The van der Waals surface area contributed by atoms with Crippen LogP contribution in [0.5, 0.6) is 0 Å². The number of nitro benzene ring substituents is 1. The van der Waals surface area contributed by atoms with E-state index in [9.17, 15) is 10.1 Å². The molecule has 74 valence electrons. The van der Waals surface area contributed by atoms with Gasteiger partial charge < -0.3 is 5.32 Å². The highest BCUT2D eigenvalue weighted by atomic mass is 16.6.